The molecule has 0 bridgehead atoms. The molecule has 1 N–H and O–H groups in total. The van der Waals surface area contributed by atoms with Crippen LogP contribution in [0.4, 0.5) is 10.6 Å². The molecule has 5 rings (SSSR count). The predicted octanol–water partition coefficient (Wildman–Crippen LogP) is 3.18. The van der Waals surface area contributed by atoms with Crippen LogP contribution in [0.2, 0.25) is 0 Å². The number of rotatable bonds is 2. The van der Waals surface area contributed by atoms with Crippen molar-refractivity contribution in [3.8, 4) is 17.2 Å². The van der Waals surface area contributed by atoms with Crippen molar-refractivity contribution in [1.82, 2.24) is 4.98 Å². The molecule has 1 aliphatic carbocycles. The van der Waals surface area contributed by atoms with Gasteiger partial charge in [-0.1, -0.05) is 0 Å². The van der Waals surface area contributed by atoms with Crippen LogP contribution in [0, 0.1) is 0 Å². The molecule has 1 saturated carbocycles. The molecule has 1 aromatic heterocycles. The van der Waals surface area contributed by atoms with Gasteiger partial charge < -0.3 is 14.2 Å². The maximum atomic E-state index is 11.2. The number of carbonyl (C=O) groups is 1. The molecule has 3 heterocycles. The van der Waals surface area contributed by atoms with Gasteiger partial charge in [-0.05, 0) is 30.7 Å². The van der Waals surface area contributed by atoms with E-state index >= 15 is 0 Å². The molecule has 2 atom stereocenters. The van der Waals surface area contributed by atoms with Crippen molar-refractivity contribution in [3.05, 3.63) is 41.6 Å². The van der Waals surface area contributed by atoms with Crippen LogP contribution >= 0.6 is 0 Å². The van der Waals surface area contributed by atoms with Gasteiger partial charge in [0.2, 0.25) is 0 Å². The summed E-state index contributed by atoms with van der Waals surface area (Å²) in [4.78, 5) is 15.4. The molecule has 1 unspecified atom stereocenters. The first-order valence-electron chi connectivity index (χ1n) is 7.18. The van der Waals surface area contributed by atoms with E-state index in [0.717, 1.165) is 23.5 Å². The number of amides is 1. The van der Waals surface area contributed by atoms with Gasteiger partial charge in [0.25, 0.3) is 0 Å². The number of benzene rings is 1. The second-order valence-electron chi connectivity index (χ2n) is 5.64. The summed E-state index contributed by atoms with van der Waals surface area (Å²) in [6.07, 6.45) is 2.57. The molecule has 1 amide bonds. The lowest BCUT2D eigenvalue weighted by molar-refractivity contribution is 0.150. The summed E-state index contributed by atoms with van der Waals surface area (Å²) in [6.45, 7) is 0.156. The molecular formula is C16H12N2O4. The van der Waals surface area contributed by atoms with E-state index in [1.807, 2.05) is 18.2 Å². The lowest BCUT2D eigenvalue weighted by Crippen LogP contribution is -2.21. The molecule has 1 fully saturated rings. The van der Waals surface area contributed by atoms with E-state index in [4.69, 9.17) is 14.2 Å². The second-order valence-corrected chi connectivity index (χ2v) is 5.64. The number of hydrogen-bond acceptors (Lipinski definition) is 5. The van der Waals surface area contributed by atoms with Crippen LogP contribution in [0.25, 0.3) is 0 Å². The van der Waals surface area contributed by atoms with Crippen LogP contribution in [0.3, 0.4) is 0 Å². The SMILES string of the molecule is O=C1Nc2nccc(Oc3ccc4c(c3)[C@H]3CC3O4)c2CO1. The number of cyclic esters (lactones) is 1. The van der Waals surface area contributed by atoms with Gasteiger partial charge in [-0.3, -0.25) is 5.32 Å². The third kappa shape index (κ3) is 1.73. The molecule has 2 aliphatic heterocycles. The van der Waals surface area contributed by atoms with Crippen LogP contribution in [0.5, 0.6) is 17.2 Å². The van der Waals surface area contributed by atoms with Crippen molar-refractivity contribution in [2.75, 3.05) is 5.32 Å². The number of ether oxygens (including phenoxy) is 3. The van der Waals surface area contributed by atoms with Crippen molar-refractivity contribution in [2.45, 2.75) is 25.0 Å². The smallest absolute Gasteiger partial charge is 0.413 e. The molecule has 0 radical (unpaired) electrons. The van der Waals surface area contributed by atoms with Crippen LogP contribution in [-0.2, 0) is 11.3 Å². The van der Waals surface area contributed by atoms with Gasteiger partial charge in [-0.15, -0.1) is 0 Å². The average Bonchev–Trinajstić information content (AvgIpc) is 3.20. The summed E-state index contributed by atoms with van der Waals surface area (Å²) in [7, 11) is 0. The van der Waals surface area contributed by atoms with E-state index < -0.39 is 6.09 Å². The number of pyridine rings is 1. The van der Waals surface area contributed by atoms with E-state index in [9.17, 15) is 4.79 Å². The summed E-state index contributed by atoms with van der Waals surface area (Å²) < 4.78 is 16.7. The largest absolute Gasteiger partial charge is 0.489 e. The molecule has 0 spiro atoms. The van der Waals surface area contributed by atoms with E-state index in [1.54, 1.807) is 12.3 Å². The maximum absolute atomic E-state index is 11.2. The zero-order chi connectivity index (χ0) is 14.7. The topological polar surface area (TPSA) is 69.7 Å². The Morgan fingerprint density at radius 3 is 3.23 bits per heavy atom. The Morgan fingerprint density at radius 1 is 1.32 bits per heavy atom. The molecule has 3 aliphatic rings. The standard InChI is InChI=1S/C16H12N2O4/c19-16-18-15-11(7-20-16)13(3-4-17-15)21-8-1-2-12-9(5-8)10-6-14(10)22-12/h1-5,10,14H,6-7H2,(H,17,18,19)/t10-,14?/m1/s1. The van der Waals surface area contributed by atoms with Crippen molar-refractivity contribution in [2.24, 2.45) is 0 Å². The Labute approximate surface area is 126 Å². The number of aromatic nitrogens is 1. The van der Waals surface area contributed by atoms with Crippen LogP contribution in [0.1, 0.15) is 23.5 Å². The Bertz CT molecular complexity index is 805. The van der Waals surface area contributed by atoms with Gasteiger partial charge >= 0.3 is 6.09 Å². The van der Waals surface area contributed by atoms with Crippen molar-refractivity contribution >= 4 is 11.9 Å². The zero-order valence-corrected chi connectivity index (χ0v) is 11.5. The van der Waals surface area contributed by atoms with Crippen molar-refractivity contribution < 1.29 is 19.0 Å². The van der Waals surface area contributed by atoms with Gasteiger partial charge in [0.1, 0.15) is 35.8 Å². The Morgan fingerprint density at radius 2 is 2.27 bits per heavy atom. The van der Waals surface area contributed by atoms with Gasteiger partial charge in [-0.2, -0.15) is 0 Å². The quantitative estimate of drug-likeness (QED) is 0.921. The normalized spacial score (nSPS) is 23.4. The van der Waals surface area contributed by atoms with Gasteiger partial charge in [0, 0.05) is 17.7 Å². The number of fused-ring (bicyclic) bond motifs is 4. The van der Waals surface area contributed by atoms with Crippen molar-refractivity contribution in [3.63, 3.8) is 0 Å². The predicted molar refractivity (Wildman–Crippen MR) is 76.3 cm³/mol. The highest BCUT2D eigenvalue weighted by molar-refractivity contribution is 5.86. The van der Waals surface area contributed by atoms with Crippen LogP contribution < -0.4 is 14.8 Å². The summed E-state index contributed by atoms with van der Waals surface area (Å²) in [5, 5.41) is 2.57. The Kier molecular flexibility index (Phi) is 2.22. The highest BCUT2D eigenvalue weighted by Crippen LogP contribution is 2.54. The average molecular weight is 296 g/mol. The molecule has 110 valence electrons. The zero-order valence-electron chi connectivity index (χ0n) is 11.5. The molecule has 0 saturated heterocycles. The Balaban J connectivity index is 1.48. The van der Waals surface area contributed by atoms with Crippen LogP contribution in [0.15, 0.2) is 30.5 Å². The first kappa shape index (κ1) is 11.9. The highest BCUT2D eigenvalue weighted by atomic mass is 16.6. The molecule has 1 aromatic carbocycles. The van der Waals surface area contributed by atoms with E-state index in [1.165, 1.54) is 5.56 Å². The van der Waals surface area contributed by atoms with Crippen LogP contribution in [-0.4, -0.2) is 17.2 Å². The summed E-state index contributed by atoms with van der Waals surface area (Å²) in [5.74, 6) is 3.35. The van der Waals surface area contributed by atoms with E-state index in [2.05, 4.69) is 10.3 Å². The minimum absolute atomic E-state index is 0.156. The molecule has 2 aromatic rings. The third-order valence-electron chi connectivity index (χ3n) is 4.20. The van der Waals surface area contributed by atoms with Gasteiger partial charge in [-0.25, -0.2) is 9.78 Å². The number of nitrogens with zero attached hydrogens (tertiary/aromatic N) is 1. The monoisotopic (exact) mass is 296 g/mol. The minimum Gasteiger partial charge on any atom is -0.489 e. The highest BCUT2D eigenvalue weighted by Gasteiger charge is 2.48. The van der Waals surface area contributed by atoms with Gasteiger partial charge in [0.15, 0.2) is 0 Å². The number of hydrogen-bond donors (Lipinski definition) is 1. The summed E-state index contributed by atoms with van der Waals surface area (Å²) >= 11 is 0. The number of carbonyl (C=O) groups excluding carboxylic acids is 1. The fraction of sp³-hybridized carbons (Fsp3) is 0.250. The molecular weight excluding hydrogens is 284 g/mol. The van der Waals surface area contributed by atoms with Gasteiger partial charge in [0.05, 0.1) is 5.56 Å². The first-order chi connectivity index (χ1) is 10.8. The maximum Gasteiger partial charge on any atom is 0.413 e. The second kappa shape index (κ2) is 4.13. The lowest BCUT2D eigenvalue weighted by atomic mass is 10.1. The lowest BCUT2D eigenvalue weighted by Gasteiger charge is -2.19. The fourth-order valence-corrected chi connectivity index (χ4v) is 2.99. The van der Waals surface area contributed by atoms with E-state index in [0.29, 0.717) is 23.6 Å². The third-order valence-corrected chi connectivity index (χ3v) is 4.20. The molecule has 22 heavy (non-hydrogen) atoms. The minimum atomic E-state index is -0.494. The number of nitrogens with one attached hydrogen (secondary N) is 1. The molecule has 6 heteroatoms. The summed E-state index contributed by atoms with van der Waals surface area (Å²) in [5.41, 5.74) is 1.96. The summed E-state index contributed by atoms with van der Waals surface area (Å²) in [6, 6.07) is 7.63. The van der Waals surface area contributed by atoms with Crippen molar-refractivity contribution in [1.29, 1.82) is 0 Å². The number of anilines is 1. The fourth-order valence-electron chi connectivity index (χ4n) is 2.99. The Hall–Kier alpha value is -2.76. The molecule has 6 nitrogen and oxygen atoms in total. The van der Waals surface area contributed by atoms with E-state index in [-0.39, 0.29) is 6.61 Å². The first-order valence-corrected chi connectivity index (χ1v) is 7.18.